The van der Waals surface area contributed by atoms with E-state index in [2.05, 4.69) is 4.98 Å². The number of halogens is 3. The van der Waals surface area contributed by atoms with Gasteiger partial charge >= 0.3 is 6.18 Å². The van der Waals surface area contributed by atoms with E-state index in [4.69, 9.17) is 5.73 Å². The fourth-order valence-electron chi connectivity index (χ4n) is 2.97. The lowest BCUT2D eigenvalue weighted by atomic mass is 10.00. The molecule has 0 amide bonds. The number of likely N-dealkylation sites (tertiary alicyclic amines) is 1. The molecule has 20 heavy (non-hydrogen) atoms. The van der Waals surface area contributed by atoms with Gasteiger partial charge in [-0.2, -0.15) is 13.2 Å². The number of rotatable bonds is 4. The van der Waals surface area contributed by atoms with Crippen LogP contribution in [0.5, 0.6) is 0 Å². The molecule has 1 saturated heterocycles. The third-order valence-electron chi connectivity index (χ3n) is 3.95. The molecule has 112 valence electrons. The predicted octanol–water partition coefficient (Wildman–Crippen LogP) is 2.89. The Bertz CT molecular complexity index is 421. The SMILES string of the molecule is CCC(N)C(N1CCCC1c1ccncc1)C(F)(F)F. The smallest absolute Gasteiger partial charge is 0.326 e. The number of hydrogen-bond donors (Lipinski definition) is 1. The molecule has 2 heterocycles. The van der Waals surface area contributed by atoms with E-state index < -0.39 is 18.3 Å². The summed E-state index contributed by atoms with van der Waals surface area (Å²) in [5, 5.41) is 0. The largest absolute Gasteiger partial charge is 0.405 e. The number of alkyl halides is 3. The van der Waals surface area contributed by atoms with Crippen LogP contribution in [0.2, 0.25) is 0 Å². The van der Waals surface area contributed by atoms with E-state index in [1.165, 1.54) is 4.90 Å². The van der Waals surface area contributed by atoms with Crippen molar-refractivity contribution in [1.29, 1.82) is 0 Å². The first-order valence-electron chi connectivity index (χ1n) is 6.93. The molecule has 3 atom stereocenters. The zero-order valence-electron chi connectivity index (χ0n) is 11.5. The average molecular weight is 287 g/mol. The summed E-state index contributed by atoms with van der Waals surface area (Å²) in [6, 6.07) is 0.884. The number of nitrogens with two attached hydrogens (primary N) is 1. The van der Waals surface area contributed by atoms with Gasteiger partial charge < -0.3 is 5.73 Å². The molecule has 0 aromatic carbocycles. The zero-order chi connectivity index (χ0) is 14.8. The highest BCUT2D eigenvalue weighted by Gasteiger charge is 2.49. The lowest BCUT2D eigenvalue weighted by Crippen LogP contribution is -2.55. The van der Waals surface area contributed by atoms with Crippen molar-refractivity contribution in [2.24, 2.45) is 5.73 Å². The molecule has 0 aliphatic carbocycles. The van der Waals surface area contributed by atoms with Crippen molar-refractivity contribution >= 4 is 0 Å². The van der Waals surface area contributed by atoms with Crippen LogP contribution in [0.25, 0.3) is 0 Å². The van der Waals surface area contributed by atoms with Gasteiger partial charge in [0.25, 0.3) is 0 Å². The van der Waals surface area contributed by atoms with Crippen LogP contribution in [0, 0.1) is 0 Å². The van der Waals surface area contributed by atoms with Gasteiger partial charge in [-0.1, -0.05) is 6.92 Å². The Balaban J connectivity index is 2.28. The van der Waals surface area contributed by atoms with Crippen molar-refractivity contribution in [3.8, 4) is 0 Å². The number of hydrogen-bond acceptors (Lipinski definition) is 3. The van der Waals surface area contributed by atoms with Gasteiger partial charge in [0.1, 0.15) is 6.04 Å². The van der Waals surface area contributed by atoms with Gasteiger partial charge in [0.15, 0.2) is 0 Å². The molecule has 1 fully saturated rings. The summed E-state index contributed by atoms with van der Waals surface area (Å²) in [6.45, 7) is 2.13. The van der Waals surface area contributed by atoms with E-state index in [0.717, 1.165) is 18.4 Å². The van der Waals surface area contributed by atoms with Gasteiger partial charge in [0, 0.05) is 24.5 Å². The third-order valence-corrected chi connectivity index (χ3v) is 3.95. The second kappa shape index (κ2) is 6.10. The quantitative estimate of drug-likeness (QED) is 0.926. The minimum atomic E-state index is -4.30. The van der Waals surface area contributed by atoms with E-state index >= 15 is 0 Å². The molecule has 1 aromatic heterocycles. The molecular formula is C14H20F3N3. The Hall–Kier alpha value is -1.14. The predicted molar refractivity (Wildman–Crippen MR) is 71.0 cm³/mol. The normalized spacial score (nSPS) is 23.8. The van der Waals surface area contributed by atoms with Crippen molar-refractivity contribution in [2.45, 2.75) is 50.5 Å². The minimum absolute atomic E-state index is 0.220. The van der Waals surface area contributed by atoms with Gasteiger partial charge in [-0.3, -0.25) is 9.88 Å². The molecule has 1 aliphatic heterocycles. The van der Waals surface area contributed by atoms with Crippen LogP contribution in [-0.4, -0.2) is 34.7 Å². The Morgan fingerprint density at radius 2 is 2.05 bits per heavy atom. The summed E-state index contributed by atoms with van der Waals surface area (Å²) in [5.41, 5.74) is 6.63. The van der Waals surface area contributed by atoms with E-state index in [9.17, 15) is 13.2 Å². The molecule has 6 heteroatoms. The molecule has 1 aromatic rings. The monoisotopic (exact) mass is 287 g/mol. The maximum absolute atomic E-state index is 13.4. The lowest BCUT2D eigenvalue weighted by Gasteiger charge is -2.37. The molecule has 2 N–H and O–H groups in total. The lowest BCUT2D eigenvalue weighted by molar-refractivity contribution is -0.192. The molecule has 0 spiro atoms. The summed E-state index contributed by atoms with van der Waals surface area (Å²) >= 11 is 0. The van der Waals surface area contributed by atoms with Crippen LogP contribution in [0.3, 0.4) is 0 Å². The van der Waals surface area contributed by atoms with Crippen molar-refractivity contribution in [3.05, 3.63) is 30.1 Å². The summed E-state index contributed by atoms with van der Waals surface area (Å²) in [7, 11) is 0. The fourth-order valence-corrected chi connectivity index (χ4v) is 2.97. The Kier molecular flexibility index (Phi) is 4.65. The Morgan fingerprint density at radius 1 is 1.40 bits per heavy atom. The van der Waals surface area contributed by atoms with Gasteiger partial charge in [0.05, 0.1) is 0 Å². The first-order chi connectivity index (χ1) is 9.45. The topological polar surface area (TPSA) is 42.1 Å². The van der Waals surface area contributed by atoms with Gasteiger partial charge in [-0.05, 0) is 43.5 Å². The molecule has 3 unspecified atom stereocenters. The van der Waals surface area contributed by atoms with Crippen LogP contribution in [0.4, 0.5) is 13.2 Å². The van der Waals surface area contributed by atoms with E-state index in [0.29, 0.717) is 13.0 Å². The van der Waals surface area contributed by atoms with Crippen LogP contribution in [0.15, 0.2) is 24.5 Å². The van der Waals surface area contributed by atoms with Crippen LogP contribution in [0.1, 0.15) is 37.8 Å². The van der Waals surface area contributed by atoms with E-state index in [-0.39, 0.29) is 6.04 Å². The second-order valence-electron chi connectivity index (χ2n) is 5.23. The molecule has 1 aliphatic rings. The Labute approximate surface area is 117 Å². The molecule has 0 saturated carbocycles. The first-order valence-corrected chi connectivity index (χ1v) is 6.93. The third kappa shape index (κ3) is 3.12. The molecular weight excluding hydrogens is 267 g/mol. The van der Waals surface area contributed by atoms with Gasteiger partial charge in [-0.25, -0.2) is 0 Å². The zero-order valence-corrected chi connectivity index (χ0v) is 11.5. The highest BCUT2D eigenvalue weighted by molar-refractivity contribution is 5.17. The van der Waals surface area contributed by atoms with Crippen LogP contribution in [-0.2, 0) is 0 Å². The number of pyridine rings is 1. The average Bonchev–Trinajstić information content (AvgIpc) is 2.87. The highest BCUT2D eigenvalue weighted by Crippen LogP contribution is 2.39. The van der Waals surface area contributed by atoms with Crippen molar-refractivity contribution < 1.29 is 13.2 Å². The Morgan fingerprint density at radius 3 is 2.60 bits per heavy atom. The summed E-state index contributed by atoms with van der Waals surface area (Å²) in [6.07, 6.45) is 0.736. The summed E-state index contributed by atoms with van der Waals surface area (Å²) in [5.74, 6) is 0. The first kappa shape index (κ1) is 15.3. The molecule has 3 nitrogen and oxygen atoms in total. The number of nitrogens with zero attached hydrogens (tertiary/aromatic N) is 2. The fraction of sp³-hybridized carbons (Fsp3) is 0.643. The van der Waals surface area contributed by atoms with Crippen molar-refractivity contribution in [1.82, 2.24) is 9.88 Å². The highest BCUT2D eigenvalue weighted by atomic mass is 19.4. The summed E-state index contributed by atoms with van der Waals surface area (Å²) in [4.78, 5) is 5.44. The second-order valence-corrected chi connectivity index (χ2v) is 5.23. The summed E-state index contributed by atoms with van der Waals surface area (Å²) < 4.78 is 40.1. The van der Waals surface area contributed by atoms with Gasteiger partial charge in [-0.15, -0.1) is 0 Å². The van der Waals surface area contributed by atoms with E-state index in [1.807, 2.05) is 0 Å². The number of aromatic nitrogens is 1. The molecule has 0 bridgehead atoms. The van der Waals surface area contributed by atoms with E-state index in [1.54, 1.807) is 31.5 Å². The maximum Gasteiger partial charge on any atom is 0.405 e. The van der Waals surface area contributed by atoms with Gasteiger partial charge in [0.2, 0.25) is 0 Å². The van der Waals surface area contributed by atoms with Crippen LogP contribution < -0.4 is 5.73 Å². The minimum Gasteiger partial charge on any atom is -0.326 e. The molecule has 2 rings (SSSR count). The standard InChI is InChI=1S/C14H20F3N3/c1-2-11(18)13(14(15,16)17)20-9-3-4-12(20)10-5-7-19-8-6-10/h5-8,11-13H,2-4,9,18H2,1H3. The maximum atomic E-state index is 13.4. The van der Waals surface area contributed by atoms with Crippen molar-refractivity contribution in [2.75, 3.05) is 6.54 Å². The van der Waals surface area contributed by atoms with Crippen LogP contribution >= 0.6 is 0 Å². The molecule has 0 radical (unpaired) electrons. The van der Waals surface area contributed by atoms with Crippen molar-refractivity contribution in [3.63, 3.8) is 0 Å².